The van der Waals surface area contributed by atoms with Gasteiger partial charge in [-0.1, -0.05) is 29.8 Å². The number of alkyl halides is 3. The summed E-state index contributed by atoms with van der Waals surface area (Å²) in [7, 11) is -4.23. The maximum Gasteiger partial charge on any atom is 0.416 e. The summed E-state index contributed by atoms with van der Waals surface area (Å²) in [6.45, 7) is 1.51. The highest BCUT2D eigenvalue weighted by Crippen LogP contribution is 2.32. The Morgan fingerprint density at radius 1 is 1.00 bits per heavy atom. The summed E-state index contributed by atoms with van der Waals surface area (Å²) in [5.41, 5.74) is 0.312. The van der Waals surface area contributed by atoms with E-state index in [2.05, 4.69) is 10.0 Å². The van der Waals surface area contributed by atoms with Gasteiger partial charge in [-0.3, -0.25) is 9.52 Å². The van der Waals surface area contributed by atoms with Crippen molar-refractivity contribution in [3.05, 3.63) is 82.9 Å². The number of rotatable bonds is 7. The molecule has 6 nitrogen and oxygen atoms in total. The SMILES string of the molecule is Cc1cccc(NC(=O)COc2ccc(S(=O)(=O)Nc3cccc(C(F)(F)F)c3)cc2Cl)c1. The van der Waals surface area contributed by atoms with Crippen LogP contribution in [0, 0.1) is 6.92 Å². The number of sulfonamides is 1. The molecule has 0 heterocycles. The zero-order valence-electron chi connectivity index (χ0n) is 17.1. The Hall–Kier alpha value is -3.24. The number of amides is 1. The highest BCUT2D eigenvalue weighted by molar-refractivity contribution is 7.92. The zero-order chi connectivity index (χ0) is 24.2. The number of aryl methyl sites for hydroxylation is 1. The summed E-state index contributed by atoms with van der Waals surface area (Å²) < 4.78 is 71.1. The lowest BCUT2D eigenvalue weighted by atomic mass is 10.2. The normalized spacial score (nSPS) is 11.7. The second-order valence-electron chi connectivity index (χ2n) is 6.98. The van der Waals surface area contributed by atoms with Crippen molar-refractivity contribution in [2.24, 2.45) is 0 Å². The summed E-state index contributed by atoms with van der Waals surface area (Å²) >= 11 is 6.09. The molecule has 0 aromatic heterocycles. The predicted molar refractivity (Wildman–Crippen MR) is 119 cm³/mol. The molecule has 0 bridgehead atoms. The van der Waals surface area contributed by atoms with Gasteiger partial charge in [0.25, 0.3) is 15.9 Å². The fourth-order valence-corrected chi connectivity index (χ4v) is 4.18. The van der Waals surface area contributed by atoms with E-state index in [9.17, 15) is 26.4 Å². The minimum atomic E-state index is -4.62. The van der Waals surface area contributed by atoms with E-state index in [1.165, 1.54) is 12.1 Å². The lowest BCUT2D eigenvalue weighted by molar-refractivity contribution is -0.137. The Morgan fingerprint density at radius 2 is 1.70 bits per heavy atom. The van der Waals surface area contributed by atoms with E-state index in [-0.39, 0.29) is 28.0 Å². The van der Waals surface area contributed by atoms with E-state index >= 15 is 0 Å². The van der Waals surface area contributed by atoms with Gasteiger partial charge in [-0.25, -0.2) is 8.42 Å². The van der Waals surface area contributed by atoms with Gasteiger partial charge >= 0.3 is 6.18 Å². The number of nitrogens with one attached hydrogen (secondary N) is 2. The van der Waals surface area contributed by atoms with Gasteiger partial charge in [0, 0.05) is 11.4 Å². The number of benzene rings is 3. The molecular weight excluding hydrogens is 481 g/mol. The van der Waals surface area contributed by atoms with Gasteiger partial charge in [0.15, 0.2) is 6.61 Å². The topological polar surface area (TPSA) is 84.5 Å². The summed E-state index contributed by atoms with van der Waals surface area (Å²) in [6, 6.07) is 14.4. The molecule has 0 aliphatic rings. The van der Waals surface area contributed by atoms with Crippen LogP contribution in [0.25, 0.3) is 0 Å². The number of anilines is 2. The number of halogens is 4. The van der Waals surface area contributed by atoms with Gasteiger partial charge in [0.05, 0.1) is 15.5 Å². The third-order valence-electron chi connectivity index (χ3n) is 4.32. The van der Waals surface area contributed by atoms with E-state index in [1.54, 1.807) is 18.2 Å². The molecule has 0 saturated heterocycles. The van der Waals surface area contributed by atoms with Gasteiger partial charge in [-0.15, -0.1) is 0 Å². The van der Waals surface area contributed by atoms with Crippen LogP contribution in [0.3, 0.4) is 0 Å². The average molecular weight is 499 g/mol. The summed E-state index contributed by atoms with van der Waals surface area (Å²) in [4.78, 5) is 11.8. The van der Waals surface area contributed by atoms with Crippen molar-refractivity contribution in [3.8, 4) is 5.75 Å². The van der Waals surface area contributed by atoms with Crippen molar-refractivity contribution >= 4 is 38.9 Å². The maximum atomic E-state index is 12.9. The highest BCUT2D eigenvalue weighted by Gasteiger charge is 2.30. The highest BCUT2D eigenvalue weighted by atomic mass is 35.5. The maximum absolute atomic E-state index is 12.9. The number of ether oxygens (including phenoxy) is 1. The van der Waals surface area contributed by atoms with Crippen LogP contribution >= 0.6 is 11.6 Å². The standard InChI is InChI=1S/C22H18ClF3N2O4S/c1-14-4-2-6-16(10-14)27-21(29)13-32-20-9-8-18(12-19(20)23)33(30,31)28-17-7-3-5-15(11-17)22(24,25)26/h2-12,28H,13H2,1H3,(H,27,29). The van der Waals surface area contributed by atoms with E-state index in [0.717, 1.165) is 29.8 Å². The lowest BCUT2D eigenvalue weighted by Gasteiger charge is -2.13. The molecule has 3 aromatic carbocycles. The first-order valence-electron chi connectivity index (χ1n) is 9.43. The molecular formula is C22H18ClF3N2O4S. The third kappa shape index (κ3) is 6.62. The number of carbonyl (C=O) groups is 1. The molecule has 11 heteroatoms. The second-order valence-corrected chi connectivity index (χ2v) is 9.07. The van der Waals surface area contributed by atoms with Crippen LogP contribution < -0.4 is 14.8 Å². The molecule has 174 valence electrons. The van der Waals surface area contributed by atoms with Gasteiger partial charge in [0.2, 0.25) is 0 Å². The zero-order valence-corrected chi connectivity index (χ0v) is 18.7. The molecule has 0 radical (unpaired) electrons. The van der Waals surface area contributed by atoms with Crippen LogP contribution in [0.4, 0.5) is 24.5 Å². The quantitative estimate of drug-likeness (QED) is 0.451. The monoisotopic (exact) mass is 498 g/mol. The Labute approximate surface area is 193 Å². The van der Waals surface area contributed by atoms with Gasteiger partial charge in [-0.05, 0) is 61.0 Å². The minimum absolute atomic E-state index is 0.0640. The van der Waals surface area contributed by atoms with E-state index < -0.39 is 27.7 Å². The molecule has 0 aliphatic heterocycles. The van der Waals surface area contributed by atoms with Crippen molar-refractivity contribution < 1.29 is 31.1 Å². The molecule has 0 atom stereocenters. The third-order valence-corrected chi connectivity index (χ3v) is 5.99. The Bertz CT molecular complexity index is 1280. The van der Waals surface area contributed by atoms with Crippen LogP contribution in [0.2, 0.25) is 5.02 Å². The number of carbonyl (C=O) groups excluding carboxylic acids is 1. The van der Waals surface area contributed by atoms with Gasteiger partial charge in [0.1, 0.15) is 5.75 Å². The van der Waals surface area contributed by atoms with Crippen molar-refractivity contribution in [2.45, 2.75) is 18.0 Å². The van der Waals surface area contributed by atoms with E-state index in [4.69, 9.17) is 16.3 Å². The van der Waals surface area contributed by atoms with Crippen LogP contribution in [0.1, 0.15) is 11.1 Å². The Kier molecular flexibility index (Phi) is 7.19. The second kappa shape index (κ2) is 9.72. The fraction of sp³-hybridized carbons (Fsp3) is 0.136. The van der Waals surface area contributed by atoms with Gasteiger partial charge in [-0.2, -0.15) is 13.2 Å². The molecule has 3 aromatic rings. The molecule has 33 heavy (non-hydrogen) atoms. The lowest BCUT2D eigenvalue weighted by Crippen LogP contribution is -2.20. The predicted octanol–water partition coefficient (Wildman–Crippen LogP) is 5.49. The van der Waals surface area contributed by atoms with E-state index in [1.807, 2.05) is 13.0 Å². The molecule has 0 fully saturated rings. The molecule has 2 N–H and O–H groups in total. The Morgan fingerprint density at radius 3 is 2.36 bits per heavy atom. The summed E-state index contributed by atoms with van der Waals surface area (Å²) in [5.74, 6) is -0.381. The van der Waals surface area contributed by atoms with Crippen molar-refractivity contribution in [2.75, 3.05) is 16.6 Å². The molecule has 0 unspecified atom stereocenters. The van der Waals surface area contributed by atoms with Crippen LogP contribution in [0.15, 0.2) is 71.6 Å². The number of hydrogen-bond acceptors (Lipinski definition) is 4. The largest absolute Gasteiger partial charge is 0.482 e. The minimum Gasteiger partial charge on any atom is -0.482 e. The van der Waals surface area contributed by atoms with Crippen LogP contribution in [-0.2, 0) is 21.0 Å². The molecule has 0 aliphatic carbocycles. The summed E-state index contributed by atoms with van der Waals surface area (Å²) in [6.07, 6.45) is -4.62. The van der Waals surface area contributed by atoms with Crippen molar-refractivity contribution in [1.29, 1.82) is 0 Å². The smallest absolute Gasteiger partial charge is 0.416 e. The summed E-state index contributed by atoms with van der Waals surface area (Å²) in [5, 5.41) is 2.57. The number of hydrogen-bond donors (Lipinski definition) is 2. The molecule has 0 saturated carbocycles. The van der Waals surface area contributed by atoms with Crippen LogP contribution in [0.5, 0.6) is 5.75 Å². The van der Waals surface area contributed by atoms with Crippen molar-refractivity contribution in [3.63, 3.8) is 0 Å². The average Bonchev–Trinajstić information content (AvgIpc) is 2.72. The first-order chi connectivity index (χ1) is 15.4. The fourth-order valence-electron chi connectivity index (χ4n) is 2.80. The van der Waals surface area contributed by atoms with Gasteiger partial charge < -0.3 is 10.1 Å². The molecule has 1 amide bonds. The molecule has 0 spiro atoms. The Balaban J connectivity index is 1.67. The molecule has 3 rings (SSSR count). The van der Waals surface area contributed by atoms with Crippen LogP contribution in [-0.4, -0.2) is 20.9 Å². The first kappa shape index (κ1) is 24.4. The first-order valence-corrected chi connectivity index (χ1v) is 11.3. The van der Waals surface area contributed by atoms with E-state index in [0.29, 0.717) is 11.8 Å². The van der Waals surface area contributed by atoms with Crippen molar-refractivity contribution in [1.82, 2.24) is 0 Å².